The molecule has 1 aromatic carbocycles. The molecule has 1 aromatic heterocycles. The maximum absolute atomic E-state index is 12.1. The highest BCUT2D eigenvalue weighted by Crippen LogP contribution is 2.15. The van der Waals surface area contributed by atoms with Gasteiger partial charge in [-0.1, -0.05) is 35.6 Å². The van der Waals surface area contributed by atoms with Gasteiger partial charge >= 0.3 is 0 Å². The minimum absolute atomic E-state index is 0.0144. The first-order chi connectivity index (χ1) is 9.00. The minimum Gasteiger partial charge on any atom is -0.389 e. The highest BCUT2D eigenvalue weighted by atomic mass is 32.2. The third-order valence-corrected chi connectivity index (χ3v) is 3.93. The number of thiocarbonyl (C=S) groups is 1. The molecule has 0 atom stereocenters. The number of hydrogen-bond donors (Lipinski definition) is 3. The van der Waals surface area contributed by atoms with Gasteiger partial charge in [-0.3, -0.25) is 0 Å². The second-order valence-electron chi connectivity index (χ2n) is 3.51. The normalized spacial score (nSPS) is 11.4. The molecule has 19 heavy (non-hydrogen) atoms. The molecule has 4 N–H and O–H groups in total. The monoisotopic (exact) mass is 298 g/mol. The molecule has 1 heterocycles. The quantitative estimate of drug-likeness (QED) is 0.624. The summed E-state index contributed by atoms with van der Waals surface area (Å²) < 4.78 is 26.6. The van der Waals surface area contributed by atoms with Crippen LogP contribution in [0.2, 0.25) is 0 Å². The standard InChI is InChI=1S/C9H10N6O2S2/c10-9(18)6-3-1-2-4-7(6)19(16,17)11-5-8-12-14-15-13-8/h1-4,11H,5H2,(H2,10,18)(H,12,13,14,15). The maximum Gasteiger partial charge on any atom is 0.241 e. The van der Waals surface area contributed by atoms with Gasteiger partial charge in [0.1, 0.15) is 4.99 Å². The van der Waals surface area contributed by atoms with Gasteiger partial charge in [0.15, 0.2) is 5.82 Å². The molecule has 8 nitrogen and oxygen atoms in total. The van der Waals surface area contributed by atoms with Gasteiger partial charge in [-0.25, -0.2) is 13.1 Å². The third kappa shape index (κ3) is 3.10. The first-order valence-corrected chi connectivity index (χ1v) is 7.00. The molecule has 2 aromatic rings. The van der Waals surface area contributed by atoms with Crippen molar-refractivity contribution in [1.29, 1.82) is 0 Å². The van der Waals surface area contributed by atoms with Crippen molar-refractivity contribution in [2.24, 2.45) is 5.73 Å². The van der Waals surface area contributed by atoms with Crippen LogP contribution in [0.25, 0.3) is 0 Å². The summed E-state index contributed by atoms with van der Waals surface area (Å²) in [5, 5.41) is 12.9. The molecule has 0 saturated carbocycles. The lowest BCUT2D eigenvalue weighted by Crippen LogP contribution is -2.26. The van der Waals surface area contributed by atoms with Crippen molar-refractivity contribution in [3.63, 3.8) is 0 Å². The van der Waals surface area contributed by atoms with Gasteiger partial charge < -0.3 is 5.73 Å². The van der Waals surface area contributed by atoms with Crippen molar-refractivity contribution in [1.82, 2.24) is 25.3 Å². The van der Waals surface area contributed by atoms with E-state index in [1.54, 1.807) is 18.2 Å². The summed E-state index contributed by atoms with van der Waals surface area (Å²) in [6.45, 7) is -0.0789. The van der Waals surface area contributed by atoms with Crippen LogP contribution < -0.4 is 10.5 Å². The predicted octanol–water partition coefficient (Wildman–Crippen LogP) is -0.688. The Balaban J connectivity index is 2.27. The fraction of sp³-hybridized carbons (Fsp3) is 0.111. The number of rotatable bonds is 5. The predicted molar refractivity (Wildman–Crippen MR) is 70.5 cm³/mol. The van der Waals surface area contributed by atoms with Crippen LogP contribution in [0.1, 0.15) is 11.4 Å². The highest BCUT2D eigenvalue weighted by Gasteiger charge is 2.19. The number of tetrazole rings is 1. The van der Waals surface area contributed by atoms with Crippen molar-refractivity contribution in [2.45, 2.75) is 11.4 Å². The molecule has 10 heteroatoms. The van der Waals surface area contributed by atoms with Crippen LogP contribution in [0, 0.1) is 0 Å². The largest absolute Gasteiger partial charge is 0.389 e. The van der Waals surface area contributed by atoms with Crippen molar-refractivity contribution < 1.29 is 8.42 Å². The van der Waals surface area contributed by atoms with Crippen molar-refractivity contribution in [2.75, 3.05) is 0 Å². The molecule has 0 aliphatic heterocycles. The summed E-state index contributed by atoms with van der Waals surface area (Å²) in [5.41, 5.74) is 5.79. The number of aromatic amines is 1. The average molecular weight is 298 g/mol. The second-order valence-corrected chi connectivity index (χ2v) is 5.69. The van der Waals surface area contributed by atoms with E-state index in [0.29, 0.717) is 0 Å². The van der Waals surface area contributed by atoms with Gasteiger partial charge in [-0.2, -0.15) is 5.21 Å². The molecule has 0 bridgehead atoms. The van der Waals surface area contributed by atoms with Crippen molar-refractivity contribution in [3.05, 3.63) is 35.7 Å². The smallest absolute Gasteiger partial charge is 0.241 e. The summed E-state index contributed by atoms with van der Waals surface area (Å²) in [6.07, 6.45) is 0. The van der Waals surface area contributed by atoms with E-state index in [0.717, 1.165) is 0 Å². The Labute approximate surface area is 114 Å². The van der Waals surface area contributed by atoms with Crippen LogP contribution in [-0.4, -0.2) is 34.0 Å². The molecular weight excluding hydrogens is 288 g/mol. The Morgan fingerprint density at radius 1 is 1.42 bits per heavy atom. The SMILES string of the molecule is NC(=S)c1ccccc1S(=O)(=O)NCc1nn[nH]n1. The number of nitrogens with one attached hydrogen (secondary N) is 2. The van der Waals surface area contributed by atoms with E-state index in [-0.39, 0.29) is 27.8 Å². The Morgan fingerprint density at radius 2 is 2.16 bits per heavy atom. The summed E-state index contributed by atoms with van der Waals surface area (Å²) in [5.74, 6) is 0.233. The fourth-order valence-corrected chi connectivity index (χ4v) is 2.84. The molecule has 100 valence electrons. The minimum atomic E-state index is -3.75. The molecular formula is C9H10N6O2S2. The van der Waals surface area contributed by atoms with E-state index < -0.39 is 10.0 Å². The van der Waals surface area contributed by atoms with Crippen LogP contribution in [0.4, 0.5) is 0 Å². The lowest BCUT2D eigenvalue weighted by Gasteiger charge is -2.09. The summed E-state index contributed by atoms with van der Waals surface area (Å²) >= 11 is 4.83. The van der Waals surface area contributed by atoms with E-state index in [4.69, 9.17) is 18.0 Å². The van der Waals surface area contributed by atoms with Gasteiger partial charge in [0.2, 0.25) is 10.0 Å². The van der Waals surface area contributed by atoms with Crippen LogP contribution in [-0.2, 0) is 16.6 Å². The first kappa shape index (κ1) is 13.5. The molecule has 2 rings (SSSR count). The highest BCUT2D eigenvalue weighted by molar-refractivity contribution is 7.89. The number of sulfonamides is 1. The molecule has 0 amide bonds. The van der Waals surface area contributed by atoms with Gasteiger partial charge in [-0.05, 0) is 6.07 Å². The van der Waals surface area contributed by atoms with Crippen molar-refractivity contribution >= 4 is 27.2 Å². The number of nitrogens with zero attached hydrogens (tertiary/aromatic N) is 3. The summed E-state index contributed by atoms with van der Waals surface area (Å²) in [7, 11) is -3.75. The summed E-state index contributed by atoms with van der Waals surface area (Å²) in [6, 6.07) is 6.22. The number of H-pyrrole nitrogens is 1. The lowest BCUT2D eigenvalue weighted by atomic mass is 10.2. The Kier molecular flexibility index (Phi) is 3.83. The van der Waals surface area contributed by atoms with Crippen molar-refractivity contribution in [3.8, 4) is 0 Å². The number of hydrogen-bond acceptors (Lipinski definition) is 6. The molecule has 0 unspecified atom stereocenters. The first-order valence-electron chi connectivity index (χ1n) is 5.11. The zero-order valence-corrected chi connectivity index (χ0v) is 11.2. The molecule has 0 aliphatic carbocycles. The molecule has 0 spiro atoms. The van der Waals surface area contributed by atoms with E-state index in [2.05, 4.69) is 25.3 Å². The molecule has 0 fully saturated rings. The average Bonchev–Trinajstić information content (AvgIpc) is 2.89. The van der Waals surface area contributed by atoms with E-state index in [1.807, 2.05) is 0 Å². The van der Waals surface area contributed by atoms with Crippen LogP contribution in [0.5, 0.6) is 0 Å². The molecule has 0 radical (unpaired) electrons. The zero-order chi connectivity index (χ0) is 13.9. The van der Waals surface area contributed by atoms with Gasteiger partial charge in [0, 0.05) is 5.56 Å². The fourth-order valence-electron chi connectivity index (χ4n) is 1.40. The number of benzene rings is 1. The Hall–Kier alpha value is -1.91. The van der Waals surface area contributed by atoms with Crippen LogP contribution in [0.3, 0.4) is 0 Å². The number of aromatic nitrogens is 4. The Morgan fingerprint density at radius 3 is 2.79 bits per heavy atom. The van der Waals surface area contributed by atoms with E-state index in [9.17, 15) is 8.42 Å². The zero-order valence-electron chi connectivity index (χ0n) is 9.57. The maximum atomic E-state index is 12.1. The molecule has 0 aliphatic rings. The Bertz CT molecular complexity index is 682. The van der Waals surface area contributed by atoms with Gasteiger partial charge in [-0.15, -0.1) is 10.2 Å². The van der Waals surface area contributed by atoms with Crippen LogP contribution >= 0.6 is 12.2 Å². The molecule has 0 saturated heterocycles. The van der Waals surface area contributed by atoms with E-state index >= 15 is 0 Å². The summed E-state index contributed by atoms with van der Waals surface area (Å²) in [4.78, 5) is 0.0338. The second kappa shape index (κ2) is 5.38. The van der Waals surface area contributed by atoms with Gasteiger partial charge in [0.05, 0.1) is 11.4 Å². The topological polar surface area (TPSA) is 127 Å². The van der Waals surface area contributed by atoms with Gasteiger partial charge in [0.25, 0.3) is 0 Å². The van der Waals surface area contributed by atoms with Crippen LogP contribution in [0.15, 0.2) is 29.2 Å². The number of nitrogens with two attached hydrogens (primary N) is 1. The lowest BCUT2D eigenvalue weighted by molar-refractivity contribution is 0.579. The van der Waals surface area contributed by atoms with E-state index in [1.165, 1.54) is 6.07 Å². The third-order valence-electron chi connectivity index (χ3n) is 2.25.